The Morgan fingerprint density at radius 1 is 0.970 bits per heavy atom. The average molecular weight is 435 g/mol. The van der Waals surface area contributed by atoms with Crippen LogP contribution in [0.15, 0.2) is 67.1 Å². The van der Waals surface area contributed by atoms with Crippen molar-refractivity contribution in [2.45, 2.75) is 6.54 Å². The molecule has 0 unspecified atom stereocenters. The van der Waals surface area contributed by atoms with Crippen molar-refractivity contribution < 1.29 is 0 Å². The molecule has 0 saturated heterocycles. The summed E-state index contributed by atoms with van der Waals surface area (Å²) in [6.45, 7) is 0.755. The van der Waals surface area contributed by atoms with E-state index in [1.165, 1.54) is 0 Å². The van der Waals surface area contributed by atoms with Crippen molar-refractivity contribution in [3.05, 3.63) is 72.9 Å². The second-order valence-electron chi connectivity index (χ2n) is 8.19. The molecule has 33 heavy (non-hydrogen) atoms. The maximum atomic E-state index is 4.68. The highest BCUT2D eigenvalue weighted by Gasteiger charge is 2.12. The number of rotatable bonds is 5. The molecule has 0 spiro atoms. The molecule has 0 fully saturated rings. The van der Waals surface area contributed by atoms with Crippen LogP contribution in [0, 0.1) is 0 Å². The van der Waals surface area contributed by atoms with Crippen molar-refractivity contribution >= 4 is 39.2 Å². The fourth-order valence-corrected chi connectivity index (χ4v) is 3.92. The van der Waals surface area contributed by atoms with Gasteiger partial charge in [0.25, 0.3) is 0 Å². The number of pyridine rings is 1. The highest BCUT2D eigenvalue weighted by molar-refractivity contribution is 5.83. The van der Waals surface area contributed by atoms with E-state index in [2.05, 4.69) is 46.3 Å². The van der Waals surface area contributed by atoms with Gasteiger partial charge in [-0.2, -0.15) is 4.98 Å². The van der Waals surface area contributed by atoms with E-state index < -0.39 is 0 Å². The van der Waals surface area contributed by atoms with Crippen molar-refractivity contribution in [2.24, 2.45) is 0 Å². The standard InChI is InChI=1S/C24H21N9/c1-32(2)14-22-28-19-8-7-17(10-20(19)29-22)27-24-30-23-13-25-12-21(33(23)31-24)16-9-15-5-3-4-6-18(15)26-11-16/h3-13H,14H2,1-2H3,(H,27,31)(H,28,29). The molecule has 9 heteroatoms. The zero-order valence-electron chi connectivity index (χ0n) is 18.2. The first-order chi connectivity index (χ1) is 16.1. The minimum Gasteiger partial charge on any atom is -0.341 e. The second-order valence-corrected chi connectivity index (χ2v) is 8.19. The van der Waals surface area contributed by atoms with Crippen LogP contribution in [0.1, 0.15) is 5.82 Å². The van der Waals surface area contributed by atoms with E-state index in [0.717, 1.165) is 51.3 Å². The molecular formula is C24H21N9. The summed E-state index contributed by atoms with van der Waals surface area (Å²) in [4.78, 5) is 23.6. The summed E-state index contributed by atoms with van der Waals surface area (Å²) in [5.41, 5.74) is 6.12. The second kappa shape index (κ2) is 7.64. The monoisotopic (exact) mass is 435 g/mol. The normalized spacial score (nSPS) is 11.7. The van der Waals surface area contributed by atoms with E-state index in [-0.39, 0.29) is 0 Å². The Balaban J connectivity index is 1.34. The molecule has 0 saturated carbocycles. The maximum absolute atomic E-state index is 4.68. The van der Waals surface area contributed by atoms with Crippen LogP contribution in [0.3, 0.4) is 0 Å². The first-order valence-corrected chi connectivity index (χ1v) is 10.6. The maximum Gasteiger partial charge on any atom is 0.247 e. The van der Waals surface area contributed by atoms with Crippen LogP contribution in [0.25, 0.3) is 38.8 Å². The first kappa shape index (κ1) is 19.3. The Labute approximate surface area is 189 Å². The number of nitrogens with zero attached hydrogens (tertiary/aromatic N) is 7. The quantitative estimate of drug-likeness (QED) is 0.422. The summed E-state index contributed by atoms with van der Waals surface area (Å²) in [7, 11) is 4.04. The molecule has 6 aromatic rings. The third kappa shape index (κ3) is 3.64. The SMILES string of the molecule is CN(C)Cc1nc2ccc(Nc3nc4cncc(-c5cnc6ccccc6c5)n4n3)cc2[nH]1. The number of nitrogens with one attached hydrogen (secondary N) is 2. The third-order valence-electron chi connectivity index (χ3n) is 5.39. The van der Waals surface area contributed by atoms with E-state index in [9.17, 15) is 0 Å². The lowest BCUT2D eigenvalue weighted by molar-refractivity contribution is 0.392. The van der Waals surface area contributed by atoms with Crippen LogP contribution in [0.2, 0.25) is 0 Å². The topological polar surface area (TPSA) is 99.9 Å². The van der Waals surface area contributed by atoms with Gasteiger partial charge in [0.15, 0.2) is 5.65 Å². The summed E-state index contributed by atoms with van der Waals surface area (Å²) in [5.74, 6) is 1.42. The summed E-state index contributed by atoms with van der Waals surface area (Å²) in [6.07, 6.45) is 5.31. The Kier molecular flexibility index (Phi) is 4.48. The van der Waals surface area contributed by atoms with Gasteiger partial charge < -0.3 is 15.2 Å². The summed E-state index contributed by atoms with van der Waals surface area (Å²) in [5, 5.41) is 9.04. The summed E-state index contributed by atoms with van der Waals surface area (Å²) >= 11 is 0. The van der Waals surface area contributed by atoms with Crippen LogP contribution in [-0.2, 0) is 6.54 Å². The number of H-pyrrole nitrogens is 1. The predicted molar refractivity (Wildman–Crippen MR) is 128 cm³/mol. The zero-order valence-corrected chi connectivity index (χ0v) is 18.2. The molecular weight excluding hydrogens is 414 g/mol. The highest BCUT2D eigenvalue weighted by Crippen LogP contribution is 2.24. The number of aromatic amines is 1. The van der Waals surface area contributed by atoms with Crippen LogP contribution in [0.4, 0.5) is 11.6 Å². The molecule has 9 nitrogen and oxygen atoms in total. The fraction of sp³-hybridized carbons (Fsp3) is 0.125. The van der Waals surface area contributed by atoms with Crippen molar-refractivity contribution in [2.75, 3.05) is 19.4 Å². The van der Waals surface area contributed by atoms with Gasteiger partial charge in [-0.25, -0.2) is 9.50 Å². The molecule has 0 aliphatic heterocycles. The number of aromatic nitrogens is 7. The molecule has 0 atom stereocenters. The molecule has 2 N–H and O–H groups in total. The number of imidazole rings is 1. The predicted octanol–water partition coefficient (Wildman–Crippen LogP) is 4.02. The van der Waals surface area contributed by atoms with Crippen molar-refractivity contribution in [1.82, 2.24) is 39.4 Å². The molecule has 0 aliphatic carbocycles. The Morgan fingerprint density at radius 3 is 2.79 bits per heavy atom. The van der Waals surface area contributed by atoms with Crippen LogP contribution in [-0.4, -0.2) is 53.5 Å². The molecule has 0 amide bonds. The molecule has 6 rings (SSSR count). The van der Waals surface area contributed by atoms with Gasteiger partial charge in [0, 0.05) is 22.8 Å². The lowest BCUT2D eigenvalue weighted by Gasteiger charge is -2.05. The number of anilines is 2. The average Bonchev–Trinajstić information content (AvgIpc) is 3.40. The molecule has 0 radical (unpaired) electrons. The Morgan fingerprint density at radius 2 is 1.88 bits per heavy atom. The summed E-state index contributed by atoms with van der Waals surface area (Å²) in [6, 6.07) is 16.1. The van der Waals surface area contributed by atoms with E-state index >= 15 is 0 Å². The van der Waals surface area contributed by atoms with Gasteiger partial charge in [-0.15, -0.1) is 5.10 Å². The van der Waals surface area contributed by atoms with Crippen molar-refractivity contribution in [1.29, 1.82) is 0 Å². The minimum absolute atomic E-state index is 0.491. The van der Waals surface area contributed by atoms with Crippen LogP contribution >= 0.6 is 0 Å². The number of hydrogen-bond acceptors (Lipinski definition) is 7. The zero-order chi connectivity index (χ0) is 22.4. The molecule has 4 aromatic heterocycles. The molecule has 4 heterocycles. The fourth-order valence-electron chi connectivity index (χ4n) is 3.92. The first-order valence-electron chi connectivity index (χ1n) is 10.6. The van der Waals surface area contributed by atoms with E-state index in [1.807, 2.05) is 62.8 Å². The summed E-state index contributed by atoms with van der Waals surface area (Å²) < 4.78 is 1.78. The van der Waals surface area contributed by atoms with Crippen molar-refractivity contribution in [3.63, 3.8) is 0 Å². The molecule has 0 bridgehead atoms. The van der Waals surface area contributed by atoms with Crippen molar-refractivity contribution in [3.8, 4) is 11.3 Å². The molecule has 0 aliphatic rings. The largest absolute Gasteiger partial charge is 0.341 e. The van der Waals surface area contributed by atoms with E-state index in [4.69, 9.17) is 0 Å². The van der Waals surface area contributed by atoms with Gasteiger partial charge in [-0.1, -0.05) is 18.2 Å². The molecule has 162 valence electrons. The van der Waals surface area contributed by atoms with Gasteiger partial charge in [0.05, 0.1) is 41.2 Å². The Bertz CT molecular complexity index is 1610. The third-order valence-corrected chi connectivity index (χ3v) is 5.39. The van der Waals surface area contributed by atoms with Gasteiger partial charge in [-0.3, -0.25) is 9.97 Å². The number of fused-ring (bicyclic) bond motifs is 3. The number of para-hydroxylation sites is 1. The smallest absolute Gasteiger partial charge is 0.247 e. The molecule has 2 aromatic carbocycles. The van der Waals surface area contributed by atoms with Gasteiger partial charge in [-0.05, 0) is 44.4 Å². The lowest BCUT2D eigenvalue weighted by atomic mass is 10.1. The number of benzene rings is 2. The van der Waals surface area contributed by atoms with E-state index in [1.54, 1.807) is 16.9 Å². The Hall–Kier alpha value is -4.37. The van der Waals surface area contributed by atoms with Gasteiger partial charge in [0.1, 0.15) is 5.82 Å². The van der Waals surface area contributed by atoms with Gasteiger partial charge in [0.2, 0.25) is 5.95 Å². The van der Waals surface area contributed by atoms with Crippen LogP contribution < -0.4 is 5.32 Å². The van der Waals surface area contributed by atoms with Gasteiger partial charge >= 0.3 is 0 Å². The highest BCUT2D eigenvalue weighted by atomic mass is 15.4. The minimum atomic E-state index is 0.491. The van der Waals surface area contributed by atoms with E-state index in [0.29, 0.717) is 11.6 Å². The van der Waals surface area contributed by atoms with Crippen LogP contribution in [0.5, 0.6) is 0 Å². The lowest BCUT2D eigenvalue weighted by Crippen LogP contribution is -2.11. The number of hydrogen-bond donors (Lipinski definition) is 2.